The molecule has 0 spiro atoms. The molecule has 1 atom stereocenters. The maximum absolute atomic E-state index is 13.5. The van der Waals surface area contributed by atoms with Gasteiger partial charge in [-0.3, -0.25) is 0 Å². The molecular weight excluding hydrogens is 207 g/mol. The van der Waals surface area contributed by atoms with Crippen LogP contribution >= 0.6 is 0 Å². The van der Waals surface area contributed by atoms with Crippen molar-refractivity contribution in [2.45, 2.75) is 19.5 Å². The Bertz CT molecular complexity index is 331. The van der Waals surface area contributed by atoms with Crippen molar-refractivity contribution in [2.75, 3.05) is 20.7 Å². The molecule has 0 bridgehead atoms. The first-order valence-electron chi connectivity index (χ1n) is 5.38. The van der Waals surface area contributed by atoms with Gasteiger partial charge in [0.2, 0.25) is 0 Å². The van der Waals surface area contributed by atoms with Crippen LogP contribution in [0.5, 0.6) is 5.75 Å². The maximum atomic E-state index is 13.5. The summed E-state index contributed by atoms with van der Waals surface area (Å²) in [4.78, 5) is 0. The van der Waals surface area contributed by atoms with Crippen LogP contribution in [-0.4, -0.2) is 26.7 Å². The quantitative estimate of drug-likeness (QED) is 0.772. The van der Waals surface area contributed by atoms with Crippen LogP contribution in [0.2, 0.25) is 0 Å². The number of nitrogens with one attached hydrogen (secondary N) is 2. The molecule has 1 rings (SSSR count). The molecule has 0 heterocycles. The van der Waals surface area contributed by atoms with Crippen molar-refractivity contribution in [1.29, 1.82) is 0 Å². The lowest BCUT2D eigenvalue weighted by molar-refractivity contribution is 0.398. The topological polar surface area (TPSA) is 33.3 Å². The Labute approximate surface area is 96.0 Å². The molecule has 1 aromatic carbocycles. The molecule has 1 aromatic rings. The van der Waals surface area contributed by atoms with E-state index in [9.17, 15) is 4.39 Å². The third-order valence-electron chi connectivity index (χ3n) is 2.43. The molecule has 0 saturated heterocycles. The lowest BCUT2D eigenvalue weighted by atomic mass is 10.1. The average Bonchev–Trinajstić information content (AvgIpc) is 2.27. The van der Waals surface area contributed by atoms with Crippen molar-refractivity contribution >= 4 is 0 Å². The Morgan fingerprint density at radius 2 is 2.19 bits per heavy atom. The third-order valence-corrected chi connectivity index (χ3v) is 2.43. The van der Waals surface area contributed by atoms with Crippen molar-refractivity contribution in [1.82, 2.24) is 10.6 Å². The zero-order valence-corrected chi connectivity index (χ0v) is 10.0. The molecule has 0 aliphatic carbocycles. The number of methoxy groups -OCH3 is 1. The SMILES string of the molecule is CNCC(C)NCc1c(F)cccc1OC. The normalized spacial score (nSPS) is 12.5. The van der Waals surface area contributed by atoms with E-state index in [1.54, 1.807) is 19.2 Å². The summed E-state index contributed by atoms with van der Waals surface area (Å²) in [5.74, 6) is 0.354. The second-order valence-electron chi connectivity index (χ2n) is 3.76. The minimum absolute atomic E-state index is 0.233. The summed E-state index contributed by atoms with van der Waals surface area (Å²) < 4.78 is 18.7. The molecule has 1 unspecified atom stereocenters. The maximum Gasteiger partial charge on any atom is 0.131 e. The number of rotatable bonds is 6. The van der Waals surface area contributed by atoms with Crippen LogP contribution in [0.4, 0.5) is 4.39 Å². The summed E-state index contributed by atoms with van der Waals surface area (Å²) in [7, 11) is 3.44. The predicted molar refractivity (Wildman–Crippen MR) is 63.2 cm³/mol. The zero-order valence-electron chi connectivity index (χ0n) is 10.0. The highest BCUT2D eigenvalue weighted by Crippen LogP contribution is 2.20. The molecule has 0 radical (unpaired) electrons. The molecule has 0 aromatic heterocycles. The molecule has 0 amide bonds. The summed E-state index contributed by atoms with van der Waals surface area (Å²) >= 11 is 0. The first kappa shape index (κ1) is 12.9. The molecule has 0 fully saturated rings. The van der Waals surface area contributed by atoms with E-state index < -0.39 is 0 Å². The number of halogens is 1. The van der Waals surface area contributed by atoms with Crippen molar-refractivity contribution in [2.24, 2.45) is 0 Å². The number of hydrogen-bond acceptors (Lipinski definition) is 3. The minimum atomic E-state index is -0.233. The second kappa shape index (κ2) is 6.45. The largest absolute Gasteiger partial charge is 0.496 e. The summed E-state index contributed by atoms with van der Waals surface area (Å²) in [5, 5.41) is 6.29. The van der Waals surface area contributed by atoms with E-state index in [-0.39, 0.29) is 11.9 Å². The van der Waals surface area contributed by atoms with Crippen LogP contribution in [0.3, 0.4) is 0 Å². The van der Waals surface area contributed by atoms with E-state index in [0.717, 1.165) is 6.54 Å². The highest BCUT2D eigenvalue weighted by atomic mass is 19.1. The van der Waals surface area contributed by atoms with Crippen LogP contribution in [0.1, 0.15) is 12.5 Å². The van der Waals surface area contributed by atoms with Crippen molar-refractivity contribution < 1.29 is 9.13 Å². The Kier molecular flexibility index (Phi) is 5.22. The molecule has 3 nitrogen and oxygen atoms in total. The van der Waals surface area contributed by atoms with Gasteiger partial charge in [-0.1, -0.05) is 6.07 Å². The van der Waals surface area contributed by atoms with Gasteiger partial charge in [0, 0.05) is 24.7 Å². The van der Waals surface area contributed by atoms with Gasteiger partial charge in [0.15, 0.2) is 0 Å². The van der Waals surface area contributed by atoms with E-state index >= 15 is 0 Å². The summed E-state index contributed by atoms with van der Waals surface area (Å²) in [5.41, 5.74) is 0.577. The van der Waals surface area contributed by atoms with Crippen LogP contribution in [0, 0.1) is 5.82 Å². The Balaban J connectivity index is 2.65. The van der Waals surface area contributed by atoms with Gasteiger partial charge in [0.25, 0.3) is 0 Å². The van der Waals surface area contributed by atoms with Gasteiger partial charge in [-0.2, -0.15) is 0 Å². The third kappa shape index (κ3) is 3.47. The Morgan fingerprint density at radius 3 is 2.81 bits per heavy atom. The molecule has 0 aliphatic heterocycles. The van der Waals surface area contributed by atoms with Gasteiger partial charge >= 0.3 is 0 Å². The molecule has 0 saturated carbocycles. The van der Waals surface area contributed by atoms with E-state index in [0.29, 0.717) is 17.9 Å². The van der Waals surface area contributed by atoms with Gasteiger partial charge in [-0.05, 0) is 26.1 Å². The second-order valence-corrected chi connectivity index (χ2v) is 3.76. The van der Waals surface area contributed by atoms with Crippen LogP contribution in [-0.2, 0) is 6.54 Å². The summed E-state index contributed by atoms with van der Waals surface area (Å²) in [6.07, 6.45) is 0. The molecule has 16 heavy (non-hydrogen) atoms. The van der Waals surface area contributed by atoms with E-state index in [1.807, 2.05) is 14.0 Å². The fourth-order valence-electron chi connectivity index (χ4n) is 1.56. The smallest absolute Gasteiger partial charge is 0.131 e. The van der Waals surface area contributed by atoms with Crippen LogP contribution in [0.15, 0.2) is 18.2 Å². The first-order valence-corrected chi connectivity index (χ1v) is 5.38. The van der Waals surface area contributed by atoms with Gasteiger partial charge in [0.05, 0.1) is 7.11 Å². The van der Waals surface area contributed by atoms with Crippen molar-refractivity contribution in [3.8, 4) is 5.75 Å². The summed E-state index contributed by atoms with van der Waals surface area (Å²) in [6.45, 7) is 3.36. The standard InChI is InChI=1S/C12H19FN2O/c1-9(7-14-2)15-8-10-11(13)5-4-6-12(10)16-3/h4-6,9,14-15H,7-8H2,1-3H3. The van der Waals surface area contributed by atoms with Gasteiger partial charge in [-0.15, -0.1) is 0 Å². The van der Waals surface area contributed by atoms with E-state index in [1.165, 1.54) is 6.07 Å². The monoisotopic (exact) mass is 226 g/mol. The lowest BCUT2D eigenvalue weighted by Crippen LogP contribution is -2.34. The lowest BCUT2D eigenvalue weighted by Gasteiger charge is -2.15. The van der Waals surface area contributed by atoms with Crippen molar-refractivity contribution in [3.05, 3.63) is 29.6 Å². The Morgan fingerprint density at radius 1 is 1.44 bits per heavy atom. The molecule has 90 valence electrons. The van der Waals surface area contributed by atoms with E-state index in [2.05, 4.69) is 10.6 Å². The van der Waals surface area contributed by atoms with Gasteiger partial charge in [-0.25, -0.2) is 4.39 Å². The molecule has 0 aliphatic rings. The van der Waals surface area contributed by atoms with E-state index in [4.69, 9.17) is 4.74 Å². The number of hydrogen-bond donors (Lipinski definition) is 2. The fraction of sp³-hybridized carbons (Fsp3) is 0.500. The highest BCUT2D eigenvalue weighted by molar-refractivity contribution is 5.34. The summed E-state index contributed by atoms with van der Waals surface area (Å²) in [6, 6.07) is 5.15. The molecule has 2 N–H and O–H groups in total. The fourth-order valence-corrected chi connectivity index (χ4v) is 1.56. The Hall–Kier alpha value is -1.13. The number of likely N-dealkylation sites (N-methyl/N-ethyl adjacent to an activating group) is 1. The van der Waals surface area contributed by atoms with Crippen molar-refractivity contribution in [3.63, 3.8) is 0 Å². The van der Waals surface area contributed by atoms with Gasteiger partial charge < -0.3 is 15.4 Å². The number of ether oxygens (including phenoxy) is 1. The molecule has 4 heteroatoms. The molecular formula is C12H19FN2O. The zero-order chi connectivity index (χ0) is 12.0. The number of benzene rings is 1. The van der Waals surface area contributed by atoms with Crippen LogP contribution < -0.4 is 15.4 Å². The first-order chi connectivity index (χ1) is 7.69. The highest BCUT2D eigenvalue weighted by Gasteiger charge is 2.09. The van der Waals surface area contributed by atoms with Crippen LogP contribution in [0.25, 0.3) is 0 Å². The predicted octanol–water partition coefficient (Wildman–Crippen LogP) is 1.53. The van der Waals surface area contributed by atoms with Gasteiger partial charge in [0.1, 0.15) is 11.6 Å². The minimum Gasteiger partial charge on any atom is -0.496 e. The average molecular weight is 226 g/mol.